The highest BCUT2D eigenvalue weighted by Crippen LogP contribution is 2.30. The first-order valence-corrected chi connectivity index (χ1v) is 8.38. The Bertz CT molecular complexity index is 764. The zero-order valence-electron chi connectivity index (χ0n) is 12.8. The predicted octanol–water partition coefficient (Wildman–Crippen LogP) is 4.95. The zero-order chi connectivity index (χ0) is 17.1. The van der Waals surface area contributed by atoms with E-state index in [4.69, 9.17) is 27.9 Å². The lowest BCUT2D eigenvalue weighted by Crippen LogP contribution is -2.35. The molecule has 3 rings (SSSR count). The first-order valence-electron chi connectivity index (χ1n) is 7.62. The Kier molecular flexibility index (Phi) is 5.21. The lowest BCUT2D eigenvalue weighted by atomic mass is 10.1. The molecule has 0 atom stereocenters. The summed E-state index contributed by atoms with van der Waals surface area (Å²) in [5, 5.41) is 0.152. The molecule has 0 radical (unpaired) electrons. The van der Waals surface area contributed by atoms with E-state index >= 15 is 0 Å². The molecular formula is C17H15Cl2FN2O2. The smallest absolute Gasteiger partial charge is 0.255 e. The minimum Gasteiger partial charge on any atom is -0.437 e. The topological polar surface area (TPSA) is 42.4 Å². The van der Waals surface area contributed by atoms with Crippen LogP contribution in [-0.2, 0) is 0 Å². The molecule has 1 fully saturated rings. The predicted molar refractivity (Wildman–Crippen MR) is 90.5 cm³/mol. The minimum absolute atomic E-state index is 0.0551. The lowest BCUT2D eigenvalue weighted by molar-refractivity contribution is 0.0724. The van der Waals surface area contributed by atoms with Crippen molar-refractivity contribution in [1.29, 1.82) is 0 Å². The van der Waals surface area contributed by atoms with Gasteiger partial charge in [0, 0.05) is 25.4 Å². The Hall–Kier alpha value is -1.85. The highest BCUT2D eigenvalue weighted by Gasteiger charge is 2.20. The molecule has 0 unspecified atom stereocenters. The number of piperidine rings is 1. The van der Waals surface area contributed by atoms with Crippen molar-refractivity contribution in [2.75, 3.05) is 13.1 Å². The molecule has 0 aliphatic carbocycles. The third kappa shape index (κ3) is 3.79. The number of aromatic nitrogens is 1. The number of carbonyl (C=O) groups is 1. The SMILES string of the molecule is O=C(c1cnc(Oc2ccc(F)c(Cl)c2)c(Cl)c1)N1CCCCC1. The van der Waals surface area contributed by atoms with Crippen LogP contribution >= 0.6 is 23.2 Å². The van der Waals surface area contributed by atoms with Crippen molar-refractivity contribution in [3.05, 3.63) is 51.9 Å². The van der Waals surface area contributed by atoms with Gasteiger partial charge < -0.3 is 9.64 Å². The molecular weight excluding hydrogens is 354 g/mol. The second kappa shape index (κ2) is 7.36. The molecule has 126 valence electrons. The summed E-state index contributed by atoms with van der Waals surface area (Å²) in [5.74, 6) is -0.175. The quantitative estimate of drug-likeness (QED) is 0.769. The number of benzene rings is 1. The van der Waals surface area contributed by atoms with Crippen molar-refractivity contribution >= 4 is 29.1 Å². The monoisotopic (exact) mass is 368 g/mol. The van der Waals surface area contributed by atoms with E-state index in [0.29, 0.717) is 11.3 Å². The van der Waals surface area contributed by atoms with Crippen molar-refractivity contribution in [1.82, 2.24) is 9.88 Å². The highest BCUT2D eigenvalue weighted by molar-refractivity contribution is 6.32. The summed E-state index contributed by atoms with van der Waals surface area (Å²) in [7, 11) is 0. The number of ether oxygens (including phenoxy) is 1. The van der Waals surface area contributed by atoms with Crippen LogP contribution in [-0.4, -0.2) is 28.9 Å². The van der Waals surface area contributed by atoms with Gasteiger partial charge in [-0.15, -0.1) is 0 Å². The first kappa shape index (κ1) is 17.0. The molecule has 1 aromatic carbocycles. The van der Waals surface area contributed by atoms with Crippen LogP contribution in [0.1, 0.15) is 29.6 Å². The molecule has 0 saturated carbocycles. The van der Waals surface area contributed by atoms with Crippen LogP contribution in [0.5, 0.6) is 11.6 Å². The first-order chi connectivity index (χ1) is 11.5. The molecule has 0 spiro atoms. The molecule has 1 amide bonds. The number of hydrogen-bond donors (Lipinski definition) is 0. The Morgan fingerprint density at radius 3 is 2.54 bits per heavy atom. The van der Waals surface area contributed by atoms with E-state index in [9.17, 15) is 9.18 Å². The third-order valence-electron chi connectivity index (χ3n) is 3.80. The molecule has 0 N–H and O–H groups in total. The number of hydrogen-bond acceptors (Lipinski definition) is 3. The van der Waals surface area contributed by atoms with E-state index in [1.165, 1.54) is 30.5 Å². The number of amides is 1. The Labute approximate surface area is 149 Å². The lowest BCUT2D eigenvalue weighted by Gasteiger charge is -2.26. The van der Waals surface area contributed by atoms with Gasteiger partial charge in [0.05, 0.1) is 10.6 Å². The van der Waals surface area contributed by atoms with Gasteiger partial charge in [0.25, 0.3) is 5.91 Å². The van der Waals surface area contributed by atoms with Gasteiger partial charge in [0.1, 0.15) is 16.6 Å². The Balaban J connectivity index is 1.76. The molecule has 1 aliphatic rings. The maximum atomic E-state index is 13.2. The molecule has 2 aromatic rings. The van der Waals surface area contributed by atoms with Crippen LogP contribution in [0.25, 0.3) is 0 Å². The van der Waals surface area contributed by atoms with E-state index in [-0.39, 0.29) is 21.8 Å². The van der Waals surface area contributed by atoms with E-state index in [0.717, 1.165) is 32.4 Å². The van der Waals surface area contributed by atoms with Crippen LogP contribution in [0.4, 0.5) is 4.39 Å². The molecule has 1 aromatic heterocycles. The largest absolute Gasteiger partial charge is 0.437 e. The molecule has 0 bridgehead atoms. The van der Waals surface area contributed by atoms with Crippen LogP contribution in [0.15, 0.2) is 30.5 Å². The van der Waals surface area contributed by atoms with E-state index in [1.54, 1.807) is 4.90 Å². The molecule has 2 heterocycles. The number of halogens is 3. The number of pyridine rings is 1. The fourth-order valence-corrected chi connectivity index (χ4v) is 2.92. The second-order valence-electron chi connectivity index (χ2n) is 5.54. The van der Waals surface area contributed by atoms with Crippen molar-refractivity contribution in [3.63, 3.8) is 0 Å². The number of carbonyl (C=O) groups excluding carboxylic acids is 1. The highest BCUT2D eigenvalue weighted by atomic mass is 35.5. The number of likely N-dealkylation sites (tertiary alicyclic amines) is 1. The van der Waals surface area contributed by atoms with Crippen LogP contribution < -0.4 is 4.74 Å². The van der Waals surface area contributed by atoms with Gasteiger partial charge in [-0.2, -0.15) is 0 Å². The van der Waals surface area contributed by atoms with Crippen LogP contribution in [0.2, 0.25) is 10.0 Å². The zero-order valence-corrected chi connectivity index (χ0v) is 14.3. The molecule has 1 aliphatic heterocycles. The maximum absolute atomic E-state index is 13.2. The van der Waals surface area contributed by atoms with Crippen LogP contribution in [0, 0.1) is 5.82 Å². The van der Waals surface area contributed by atoms with Gasteiger partial charge >= 0.3 is 0 Å². The molecule has 4 nitrogen and oxygen atoms in total. The summed E-state index contributed by atoms with van der Waals surface area (Å²) in [4.78, 5) is 18.3. The van der Waals surface area contributed by atoms with Gasteiger partial charge in [0.2, 0.25) is 5.88 Å². The van der Waals surface area contributed by atoms with Crippen molar-refractivity contribution < 1.29 is 13.9 Å². The summed E-state index contributed by atoms with van der Waals surface area (Å²) in [6.45, 7) is 1.51. The maximum Gasteiger partial charge on any atom is 0.255 e. The van der Waals surface area contributed by atoms with Gasteiger partial charge in [-0.25, -0.2) is 9.37 Å². The summed E-state index contributed by atoms with van der Waals surface area (Å²) >= 11 is 11.9. The van der Waals surface area contributed by atoms with Crippen molar-refractivity contribution in [2.24, 2.45) is 0 Å². The Morgan fingerprint density at radius 2 is 1.88 bits per heavy atom. The van der Waals surface area contributed by atoms with E-state index < -0.39 is 5.82 Å². The van der Waals surface area contributed by atoms with Gasteiger partial charge in [0.15, 0.2) is 0 Å². The van der Waals surface area contributed by atoms with Crippen molar-refractivity contribution in [2.45, 2.75) is 19.3 Å². The van der Waals surface area contributed by atoms with Gasteiger partial charge in [-0.05, 0) is 37.5 Å². The van der Waals surface area contributed by atoms with Crippen LogP contribution in [0.3, 0.4) is 0 Å². The molecule has 1 saturated heterocycles. The number of rotatable bonds is 3. The molecule has 7 heteroatoms. The van der Waals surface area contributed by atoms with E-state index in [1.807, 2.05) is 0 Å². The summed E-state index contributed by atoms with van der Waals surface area (Å²) in [6.07, 6.45) is 4.61. The third-order valence-corrected chi connectivity index (χ3v) is 4.36. The van der Waals surface area contributed by atoms with Gasteiger partial charge in [-0.1, -0.05) is 23.2 Å². The average Bonchev–Trinajstić information content (AvgIpc) is 2.60. The Morgan fingerprint density at radius 1 is 1.12 bits per heavy atom. The normalized spacial score (nSPS) is 14.5. The second-order valence-corrected chi connectivity index (χ2v) is 6.36. The van der Waals surface area contributed by atoms with E-state index in [2.05, 4.69) is 4.98 Å². The standard InChI is InChI=1S/C17H15Cl2FN2O2/c18-13-9-12(4-5-15(13)20)24-16-14(19)8-11(10-21-16)17(23)22-6-2-1-3-7-22/h4-5,8-10H,1-3,6-7H2. The summed E-state index contributed by atoms with van der Waals surface area (Å²) in [5.41, 5.74) is 0.423. The fourth-order valence-electron chi connectivity index (χ4n) is 2.55. The van der Waals surface area contributed by atoms with Crippen molar-refractivity contribution in [3.8, 4) is 11.6 Å². The minimum atomic E-state index is -0.537. The fraction of sp³-hybridized carbons (Fsp3) is 0.294. The number of nitrogens with zero attached hydrogens (tertiary/aromatic N) is 2. The summed E-state index contributed by atoms with van der Waals surface area (Å²) in [6, 6.07) is 5.49. The van der Waals surface area contributed by atoms with Gasteiger partial charge in [-0.3, -0.25) is 4.79 Å². The average molecular weight is 369 g/mol. The molecule has 24 heavy (non-hydrogen) atoms. The summed E-state index contributed by atoms with van der Waals surface area (Å²) < 4.78 is 18.7.